The summed E-state index contributed by atoms with van der Waals surface area (Å²) in [6.45, 7) is 3.12. The molecule has 2 fully saturated rings. The van der Waals surface area contributed by atoms with Crippen molar-refractivity contribution >= 4 is 34.4 Å². The van der Waals surface area contributed by atoms with Gasteiger partial charge in [-0.25, -0.2) is 15.0 Å². The van der Waals surface area contributed by atoms with Gasteiger partial charge >= 0.3 is 5.97 Å². The fourth-order valence-electron chi connectivity index (χ4n) is 6.33. The molecule has 6 rings (SSSR count). The summed E-state index contributed by atoms with van der Waals surface area (Å²) in [5.74, 6) is 0.470. The van der Waals surface area contributed by atoms with Gasteiger partial charge in [0.05, 0.1) is 12.1 Å². The highest BCUT2D eigenvalue weighted by atomic mass is 16.5. The molecule has 1 amide bonds. The quantitative estimate of drug-likeness (QED) is 0.263. The number of hydrogen-bond acceptors (Lipinski definition) is 8. The Morgan fingerprint density at radius 2 is 1.64 bits per heavy atom. The van der Waals surface area contributed by atoms with E-state index in [1.807, 2.05) is 76.7 Å². The Hall–Kier alpha value is -4.57. The van der Waals surface area contributed by atoms with Gasteiger partial charge in [-0.05, 0) is 68.4 Å². The lowest BCUT2D eigenvalue weighted by atomic mass is 9.89. The number of ether oxygens (including phenoxy) is 1. The molecule has 228 valence electrons. The molecule has 1 aliphatic carbocycles. The van der Waals surface area contributed by atoms with Crippen LogP contribution in [0.2, 0.25) is 0 Å². The Morgan fingerprint density at radius 1 is 0.909 bits per heavy atom. The molecule has 4 aromatic rings. The zero-order valence-corrected chi connectivity index (χ0v) is 24.9. The van der Waals surface area contributed by atoms with E-state index >= 15 is 0 Å². The third-order valence-corrected chi connectivity index (χ3v) is 8.62. The predicted molar refractivity (Wildman–Crippen MR) is 170 cm³/mol. The largest absolute Gasteiger partial charge is 0.480 e. The second-order valence-electron chi connectivity index (χ2n) is 11.7. The van der Waals surface area contributed by atoms with Gasteiger partial charge in [0.2, 0.25) is 17.7 Å². The highest BCUT2D eigenvalue weighted by Gasteiger charge is 2.29. The standard InChI is InChI=1S/C34H38N6O4/c1-23(41)40(29-13-9-27(10-14-29)37-34-36-21-26-4-2-3-5-31(26)38-34)28-11-6-24(7-12-28)25-8-15-32(35-20-25)44-30-16-18-39(19-17-30)22-33(42)43/h2-8,11-12,15,20-21,27,29-30H,9-10,13-14,16-19,22H2,1H3,(H,42,43)(H,36,37,38). The van der Waals surface area contributed by atoms with Crippen LogP contribution in [0, 0.1) is 0 Å². The van der Waals surface area contributed by atoms with Crippen LogP contribution in [-0.2, 0) is 9.59 Å². The van der Waals surface area contributed by atoms with Gasteiger partial charge in [0.15, 0.2) is 0 Å². The van der Waals surface area contributed by atoms with Gasteiger partial charge in [-0.1, -0.05) is 30.3 Å². The van der Waals surface area contributed by atoms with Crippen LogP contribution < -0.4 is 15.0 Å². The van der Waals surface area contributed by atoms with Crippen molar-refractivity contribution in [1.29, 1.82) is 0 Å². The van der Waals surface area contributed by atoms with Gasteiger partial charge in [0.25, 0.3) is 0 Å². The summed E-state index contributed by atoms with van der Waals surface area (Å²) in [6, 6.07) is 20.3. The first-order valence-corrected chi connectivity index (χ1v) is 15.4. The first kappa shape index (κ1) is 29.5. The van der Waals surface area contributed by atoms with Gasteiger partial charge in [-0.3, -0.25) is 14.5 Å². The number of pyridine rings is 1. The molecule has 0 unspecified atom stereocenters. The number of fused-ring (bicyclic) bond motifs is 1. The molecule has 1 saturated heterocycles. The molecule has 0 spiro atoms. The van der Waals surface area contributed by atoms with Crippen molar-refractivity contribution in [1.82, 2.24) is 19.9 Å². The number of carbonyl (C=O) groups excluding carboxylic acids is 1. The van der Waals surface area contributed by atoms with E-state index in [4.69, 9.17) is 9.84 Å². The molecule has 1 aliphatic heterocycles. The van der Waals surface area contributed by atoms with Crippen LogP contribution in [-0.4, -0.2) is 74.7 Å². The summed E-state index contributed by atoms with van der Waals surface area (Å²) < 4.78 is 6.06. The lowest BCUT2D eigenvalue weighted by Crippen LogP contribution is -2.43. The third-order valence-electron chi connectivity index (χ3n) is 8.62. The van der Waals surface area contributed by atoms with E-state index in [1.165, 1.54) is 0 Å². The Morgan fingerprint density at radius 3 is 2.32 bits per heavy atom. The van der Waals surface area contributed by atoms with Crippen LogP contribution in [0.15, 0.2) is 73.1 Å². The molecule has 10 nitrogen and oxygen atoms in total. The predicted octanol–water partition coefficient (Wildman–Crippen LogP) is 5.40. The summed E-state index contributed by atoms with van der Waals surface area (Å²) in [5, 5.41) is 13.5. The Bertz CT molecular complexity index is 1580. The maximum absolute atomic E-state index is 12.8. The molecule has 44 heavy (non-hydrogen) atoms. The van der Waals surface area contributed by atoms with E-state index in [0.29, 0.717) is 24.9 Å². The average Bonchev–Trinajstić information content (AvgIpc) is 3.03. The fraction of sp³-hybridized carbons (Fsp3) is 0.382. The van der Waals surface area contributed by atoms with E-state index in [1.54, 1.807) is 13.1 Å². The maximum Gasteiger partial charge on any atom is 0.317 e. The van der Waals surface area contributed by atoms with E-state index in [9.17, 15) is 9.59 Å². The molecule has 2 aliphatic rings. The van der Waals surface area contributed by atoms with E-state index < -0.39 is 5.97 Å². The van der Waals surface area contributed by atoms with Crippen molar-refractivity contribution in [3.63, 3.8) is 0 Å². The summed E-state index contributed by atoms with van der Waals surface area (Å²) in [6.07, 6.45) is 8.92. The summed E-state index contributed by atoms with van der Waals surface area (Å²) in [7, 11) is 0. The van der Waals surface area contributed by atoms with Crippen molar-refractivity contribution < 1.29 is 19.4 Å². The van der Waals surface area contributed by atoms with Crippen molar-refractivity contribution in [2.45, 2.75) is 63.6 Å². The van der Waals surface area contributed by atoms with Crippen molar-refractivity contribution in [3.8, 4) is 17.0 Å². The van der Waals surface area contributed by atoms with Gasteiger partial charge in [0, 0.05) is 67.2 Å². The smallest absolute Gasteiger partial charge is 0.317 e. The van der Waals surface area contributed by atoms with Crippen LogP contribution in [0.5, 0.6) is 5.88 Å². The second kappa shape index (κ2) is 13.4. The van der Waals surface area contributed by atoms with Crippen LogP contribution in [0.1, 0.15) is 45.4 Å². The van der Waals surface area contributed by atoms with Gasteiger partial charge in [0.1, 0.15) is 6.10 Å². The average molecular weight is 595 g/mol. The minimum Gasteiger partial charge on any atom is -0.480 e. The number of rotatable bonds is 9. The summed E-state index contributed by atoms with van der Waals surface area (Å²) >= 11 is 0. The number of anilines is 2. The number of aliphatic carboxylic acids is 1. The number of carbonyl (C=O) groups is 2. The first-order chi connectivity index (χ1) is 21.4. The van der Waals surface area contributed by atoms with Gasteiger partial charge in [-0.15, -0.1) is 0 Å². The van der Waals surface area contributed by atoms with Crippen LogP contribution >= 0.6 is 0 Å². The number of para-hydroxylation sites is 1. The number of benzene rings is 2. The summed E-state index contributed by atoms with van der Waals surface area (Å²) in [4.78, 5) is 41.3. The van der Waals surface area contributed by atoms with Crippen molar-refractivity contribution in [2.24, 2.45) is 0 Å². The molecule has 0 atom stereocenters. The second-order valence-corrected chi connectivity index (χ2v) is 11.7. The molecule has 0 radical (unpaired) electrons. The molecule has 2 N–H and O–H groups in total. The molecule has 1 saturated carbocycles. The molecule has 0 bridgehead atoms. The maximum atomic E-state index is 12.8. The SMILES string of the molecule is CC(=O)N(c1ccc(-c2ccc(OC3CCN(CC(=O)O)CC3)nc2)cc1)C1CCC(Nc2ncc3ccccc3n2)CC1. The van der Waals surface area contributed by atoms with Gasteiger partial charge in [-0.2, -0.15) is 0 Å². The molecule has 10 heteroatoms. The first-order valence-electron chi connectivity index (χ1n) is 15.4. The number of nitrogens with one attached hydrogen (secondary N) is 1. The molecular formula is C34H38N6O4. The van der Waals surface area contributed by atoms with Crippen LogP contribution in [0.4, 0.5) is 11.6 Å². The number of hydrogen-bond donors (Lipinski definition) is 2. The topological polar surface area (TPSA) is 121 Å². The number of nitrogens with zero attached hydrogens (tertiary/aromatic N) is 5. The Kier molecular flexibility index (Phi) is 8.97. The lowest BCUT2D eigenvalue weighted by Gasteiger charge is -2.36. The normalized spacial score (nSPS) is 19.4. The minimum absolute atomic E-state index is 0.0353. The zero-order valence-electron chi connectivity index (χ0n) is 24.9. The molecule has 2 aromatic carbocycles. The van der Waals surface area contributed by atoms with Crippen molar-refractivity contribution in [2.75, 3.05) is 29.9 Å². The monoisotopic (exact) mass is 594 g/mol. The molecule has 3 heterocycles. The highest BCUT2D eigenvalue weighted by Crippen LogP contribution is 2.31. The van der Waals surface area contributed by atoms with Crippen LogP contribution in [0.25, 0.3) is 22.0 Å². The summed E-state index contributed by atoms with van der Waals surface area (Å²) in [5.41, 5.74) is 3.81. The number of carboxylic acid groups (broad SMARTS) is 1. The number of aromatic nitrogens is 3. The number of carboxylic acids is 1. The van der Waals surface area contributed by atoms with Crippen LogP contribution in [0.3, 0.4) is 0 Å². The third kappa shape index (κ3) is 7.14. The van der Waals surface area contributed by atoms with E-state index in [0.717, 1.165) is 66.2 Å². The van der Waals surface area contributed by atoms with E-state index in [-0.39, 0.29) is 30.6 Å². The lowest BCUT2D eigenvalue weighted by molar-refractivity contribution is -0.138. The zero-order chi connectivity index (χ0) is 30.5. The Labute approximate surface area is 257 Å². The Balaban J connectivity index is 1.03. The fourth-order valence-corrected chi connectivity index (χ4v) is 6.33. The number of piperidine rings is 1. The molecular weight excluding hydrogens is 556 g/mol. The number of amides is 1. The number of likely N-dealkylation sites (tertiary alicyclic amines) is 1. The highest BCUT2D eigenvalue weighted by molar-refractivity contribution is 5.92. The van der Waals surface area contributed by atoms with Gasteiger partial charge < -0.3 is 20.1 Å². The van der Waals surface area contributed by atoms with Crippen molar-refractivity contribution in [3.05, 3.63) is 73.1 Å². The van der Waals surface area contributed by atoms with E-state index in [2.05, 4.69) is 20.3 Å². The minimum atomic E-state index is -0.798. The molecule has 2 aromatic heterocycles.